The van der Waals surface area contributed by atoms with Crippen LogP contribution in [0.15, 0.2) is 54.9 Å². The number of fused-ring (bicyclic) bond motifs is 1. The summed E-state index contributed by atoms with van der Waals surface area (Å²) in [4.78, 5) is 4.20. The molecule has 0 saturated carbocycles. The number of hydrogen-bond donors (Lipinski definition) is 1. The molecule has 0 aliphatic heterocycles. The van der Waals surface area contributed by atoms with Gasteiger partial charge in [-0.05, 0) is 41.1 Å². The summed E-state index contributed by atoms with van der Waals surface area (Å²) in [5.41, 5.74) is 9.53. The highest BCUT2D eigenvalue weighted by Crippen LogP contribution is 2.31. The van der Waals surface area contributed by atoms with Crippen LogP contribution in [0.1, 0.15) is 22.7 Å². The summed E-state index contributed by atoms with van der Waals surface area (Å²) in [5.74, 6) is 0. The van der Waals surface area contributed by atoms with Crippen molar-refractivity contribution >= 4 is 22.4 Å². The molecule has 0 aliphatic carbocycles. The third kappa shape index (κ3) is 2.28. The largest absolute Gasteiger partial charge is 0.320 e. The van der Waals surface area contributed by atoms with Crippen LogP contribution in [0.4, 0.5) is 0 Å². The lowest BCUT2D eigenvalue weighted by Gasteiger charge is -2.16. The summed E-state index contributed by atoms with van der Waals surface area (Å²) in [6.07, 6.45) is 3.64. The van der Waals surface area contributed by atoms with Gasteiger partial charge in [0.05, 0.1) is 6.04 Å². The predicted octanol–water partition coefficient (Wildman–Crippen LogP) is 4.24. The Labute approximate surface area is 123 Å². The Morgan fingerprint density at radius 1 is 1.10 bits per heavy atom. The Bertz CT molecular complexity index is 763. The van der Waals surface area contributed by atoms with Crippen molar-refractivity contribution in [2.75, 3.05) is 0 Å². The van der Waals surface area contributed by atoms with E-state index in [1.165, 1.54) is 0 Å². The normalized spacial score (nSPS) is 12.6. The van der Waals surface area contributed by atoms with E-state index >= 15 is 0 Å². The fourth-order valence-electron chi connectivity index (χ4n) is 2.46. The van der Waals surface area contributed by atoms with Crippen LogP contribution in [-0.4, -0.2) is 4.98 Å². The van der Waals surface area contributed by atoms with Crippen LogP contribution in [0.3, 0.4) is 0 Å². The Kier molecular flexibility index (Phi) is 3.43. The summed E-state index contributed by atoms with van der Waals surface area (Å²) in [5, 5.41) is 2.91. The van der Waals surface area contributed by atoms with Gasteiger partial charge in [-0.2, -0.15) is 0 Å². The van der Waals surface area contributed by atoms with E-state index in [2.05, 4.69) is 11.1 Å². The van der Waals surface area contributed by atoms with E-state index in [1.807, 2.05) is 49.5 Å². The number of nitrogens with two attached hydrogens (primary N) is 1. The van der Waals surface area contributed by atoms with E-state index < -0.39 is 0 Å². The Hall–Kier alpha value is -1.90. The van der Waals surface area contributed by atoms with Crippen molar-refractivity contribution in [2.24, 2.45) is 5.73 Å². The molecule has 2 aromatic carbocycles. The monoisotopic (exact) mass is 282 g/mol. The molecule has 2 N–H and O–H groups in total. The standard InChI is InChI=1S/C17H15ClN2/c1-11-5-6-14(16(18)9-11)17(19)13-4-2-3-12-7-8-20-10-15(12)13/h2-10,17H,19H2,1H3. The Morgan fingerprint density at radius 3 is 2.75 bits per heavy atom. The number of benzene rings is 2. The van der Waals surface area contributed by atoms with Crippen LogP contribution >= 0.6 is 11.6 Å². The molecule has 0 radical (unpaired) electrons. The zero-order valence-corrected chi connectivity index (χ0v) is 11.9. The minimum absolute atomic E-state index is 0.254. The third-order valence-electron chi connectivity index (χ3n) is 3.54. The van der Waals surface area contributed by atoms with E-state index in [9.17, 15) is 0 Å². The number of aromatic nitrogens is 1. The third-order valence-corrected chi connectivity index (χ3v) is 3.87. The maximum atomic E-state index is 6.42. The number of halogens is 1. The van der Waals surface area contributed by atoms with Gasteiger partial charge in [0, 0.05) is 22.8 Å². The van der Waals surface area contributed by atoms with Crippen molar-refractivity contribution in [3.63, 3.8) is 0 Å². The molecule has 0 amide bonds. The first kappa shape index (κ1) is 13.1. The minimum Gasteiger partial charge on any atom is -0.320 e. The van der Waals surface area contributed by atoms with Crippen molar-refractivity contribution in [1.82, 2.24) is 4.98 Å². The van der Waals surface area contributed by atoms with Crippen molar-refractivity contribution in [3.05, 3.63) is 76.6 Å². The van der Waals surface area contributed by atoms with Gasteiger partial charge in [-0.3, -0.25) is 4.98 Å². The molecule has 3 rings (SSSR count). The fraction of sp³-hybridized carbons (Fsp3) is 0.118. The molecule has 0 aliphatic rings. The van der Waals surface area contributed by atoms with Crippen molar-refractivity contribution in [3.8, 4) is 0 Å². The number of pyridine rings is 1. The van der Waals surface area contributed by atoms with E-state index in [0.29, 0.717) is 5.02 Å². The van der Waals surface area contributed by atoms with E-state index in [1.54, 1.807) is 6.20 Å². The van der Waals surface area contributed by atoms with Crippen molar-refractivity contribution in [2.45, 2.75) is 13.0 Å². The van der Waals surface area contributed by atoms with Crippen LogP contribution < -0.4 is 5.73 Å². The zero-order valence-electron chi connectivity index (χ0n) is 11.2. The van der Waals surface area contributed by atoms with Gasteiger partial charge in [0.2, 0.25) is 0 Å². The Morgan fingerprint density at radius 2 is 1.95 bits per heavy atom. The van der Waals surface area contributed by atoms with Gasteiger partial charge in [0.15, 0.2) is 0 Å². The first-order chi connectivity index (χ1) is 9.66. The Balaban J connectivity index is 2.15. The summed E-state index contributed by atoms with van der Waals surface area (Å²) in [6.45, 7) is 2.02. The second-order valence-electron chi connectivity index (χ2n) is 4.95. The second kappa shape index (κ2) is 5.23. The van der Waals surface area contributed by atoms with Gasteiger partial charge in [-0.1, -0.05) is 41.9 Å². The minimum atomic E-state index is -0.254. The molecule has 20 heavy (non-hydrogen) atoms. The first-order valence-electron chi connectivity index (χ1n) is 6.51. The molecule has 0 fully saturated rings. The summed E-state index contributed by atoms with van der Waals surface area (Å²) >= 11 is 6.33. The molecule has 0 saturated heterocycles. The quantitative estimate of drug-likeness (QED) is 0.763. The molecule has 0 spiro atoms. The van der Waals surface area contributed by atoms with Gasteiger partial charge in [0.1, 0.15) is 0 Å². The SMILES string of the molecule is Cc1ccc(C(N)c2cccc3ccncc23)c(Cl)c1. The van der Waals surface area contributed by atoms with E-state index in [0.717, 1.165) is 27.5 Å². The van der Waals surface area contributed by atoms with Crippen LogP contribution in [0.5, 0.6) is 0 Å². The molecule has 3 heteroatoms. The fourth-order valence-corrected chi connectivity index (χ4v) is 2.81. The molecule has 1 atom stereocenters. The molecule has 0 bridgehead atoms. The number of nitrogens with zero attached hydrogens (tertiary/aromatic N) is 1. The molecule has 1 aromatic heterocycles. The summed E-state index contributed by atoms with van der Waals surface area (Å²) < 4.78 is 0. The maximum Gasteiger partial charge on any atom is 0.0573 e. The molecule has 100 valence electrons. The van der Waals surface area contributed by atoms with Crippen LogP contribution in [0.2, 0.25) is 5.02 Å². The van der Waals surface area contributed by atoms with E-state index in [-0.39, 0.29) is 6.04 Å². The lowest BCUT2D eigenvalue weighted by molar-refractivity contribution is 0.879. The van der Waals surface area contributed by atoms with E-state index in [4.69, 9.17) is 17.3 Å². The maximum absolute atomic E-state index is 6.42. The number of aryl methyl sites for hydroxylation is 1. The molecule has 2 nitrogen and oxygen atoms in total. The predicted molar refractivity (Wildman–Crippen MR) is 84.0 cm³/mol. The topological polar surface area (TPSA) is 38.9 Å². The van der Waals surface area contributed by atoms with Gasteiger partial charge < -0.3 is 5.73 Å². The smallest absolute Gasteiger partial charge is 0.0573 e. The van der Waals surface area contributed by atoms with Crippen molar-refractivity contribution < 1.29 is 0 Å². The highest BCUT2D eigenvalue weighted by Gasteiger charge is 2.15. The summed E-state index contributed by atoms with van der Waals surface area (Å²) in [6, 6.07) is 13.8. The van der Waals surface area contributed by atoms with Gasteiger partial charge in [0.25, 0.3) is 0 Å². The van der Waals surface area contributed by atoms with Gasteiger partial charge >= 0.3 is 0 Å². The molecule has 3 aromatic rings. The second-order valence-corrected chi connectivity index (χ2v) is 5.35. The number of rotatable bonds is 2. The van der Waals surface area contributed by atoms with Crippen molar-refractivity contribution in [1.29, 1.82) is 0 Å². The average Bonchev–Trinajstić information content (AvgIpc) is 2.46. The number of hydrogen-bond acceptors (Lipinski definition) is 2. The highest BCUT2D eigenvalue weighted by molar-refractivity contribution is 6.31. The molecule has 1 heterocycles. The highest BCUT2D eigenvalue weighted by atomic mass is 35.5. The lowest BCUT2D eigenvalue weighted by Crippen LogP contribution is -2.13. The lowest BCUT2D eigenvalue weighted by atomic mass is 9.95. The first-order valence-corrected chi connectivity index (χ1v) is 6.89. The van der Waals surface area contributed by atoms with Gasteiger partial charge in [-0.25, -0.2) is 0 Å². The molecular weight excluding hydrogens is 268 g/mol. The van der Waals surface area contributed by atoms with Crippen LogP contribution in [-0.2, 0) is 0 Å². The summed E-state index contributed by atoms with van der Waals surface area (Å²) in [7, 11) is 0. The molecular formula is C17H15ClN2. The van der Waals surface area contributed by atoms with Crippen LogP contribution in [0.25, 0.3) is 10.8 Å². The zero-order chi connectivity index (χ0) is 14.1. The van der Waals surface area contributed by atoms with Crippen LogP contribution in [0, 0.1) is 6.92 Å². The average molecular weight is 283 g/mol. The van der Waals surface area contributed by atoms with Gasteiger partial charge in [-0.15, -0.1) is 0 Å². The molecule has 1 unspecified atom stereocenters.